The molecule has 2 nitrogen and oxygen atoms in total. The Labute approximate surface area is 159 Å². The molecule has 0 radical (unpaired) electrons. The molecule has 26 heavy (non-hydrogen) atoms. The molecule has 0 unspecified atom stereocenters. The topological polar surface area (TPSA) is 20.3 Å². The zero-order chi connectivity index (χ0) is 18.1. The van der Waals surface area contributed by atoms with Gasteiger partial charge in [0.2, 0.25) is 0 Å². The molecule has 136 valence electrons. The van der Waals surface area contributed by atoms with Gasteiger partial charge in [-0.25, -0.2) is 4.39 Å². The van der Waals surface area contributed by atoms with E-state index in [2.05, 4.69) is 12.1 Å². The van der Waals surface area contributed by atoms with E-state index in [0.717, 1.165) is 37.7 Å². The monoisotopic (exact) mass is 371 g/mol. The third-order valence-electron chi connectivity index (χ3n) is 6.00. The molecule has 1 aliphatic carbocycles. The zero-order valence-corrected chi connectivity index (χ0v) is 15.5. The van der Waals surface area contributed by atoms with Crippen molar-refractivity contribution in [2.24, 2.45) is 5.92 Å². The summed E-state index contributed by atoms with van der Waals surface area (Å²) in [4.78, 5) is 15.0. The van der Waals surface area contributed by atoms with Crippen molar-refractivity contribution in [3.05, 3.63) is 71.5 Å². The second kappa shape index (κ2) is 7.03. The first kappa shape index (κ1) is 17.5. The number of fused-ring (bicyclic) bond motifs is 1. The SMILES string of the molecule is O=C(c1ccc(F)cc1)N1CC[C@]2(Cl)CCCC[C@H]2[C@H]1c1ccccc1. The van der Waals surface area contributed by atoms with Crippen molar-refractivity contribution in [3.8, 4) is 0 Å². The van der Waals surface area contributed by atoms with Gasteiger partial charge in [-0.1, -0.05) is 43.2 Å². The largest absolute Gasteiger partial charge is 0.331 e. The van der Waals surface area contributed by atoms with Gasteiger partial charge in [-0.15, -0.1) is 11.6 Å². The molecular weight excluding hydrogens is 349 g/mol. The Bertz CT molecular complexity index is 778. The minimum Gasteiger partial charge on any atom is -0.331 e. The Balaban J connectivity index is 1.72. The van der Waals surface area contributed by atoms with Crippen molar-refractivity contribution in [1.82, 2.24) is 4.90 Å². The van der Waals surface area contributed by atoms with Crippen LogP contribution in [0, 0.1) is 11.7 Å². The van der Waals surface area contributed by atoms with E-state index in [4.69, 9.17) is 11.6 Å². The van der Waals surface area contributed by atoms with Gasteiger partial charge < -0.3 is 4.90 Å². The first-order valence-corrected chi connectivity index (χ1v) is 9.77. The van der Waals surface area contributed by atoms with Crippen LogP contribution < -0.4 is 0 Å². The summed E-state index contributed by atoms with van der Waals surface area (Å²) in [5.74, 6) is -0.117. The van der Waals surface area contributed by atoms with Crippen LogP contribution in [0.3, 0.4) is 0 Å². The lowest BCUT2D eigenvalue weighted by molar-refractivity contribution is 0.0279. The van der Waals surface area contributed by atoms with Gasteiger partial charge in [0, 0.05) is 18.0 Å². The quantitative estimate of drug-likeness (QED) is 0.631. The number of alkyl halides is 1. The Morgan fingerprint density at radius 2 is 1.77 bits per heavy atom. The molecule has 0 bridgehead atoms. The summed E-state index contributed by atoms with van der Waals surface area (Å²) < 4.78 is 13.3. The maximum Gasteiger partial charge on any atom is 0.254 e. The maximum absolute atomic E-state index is 13.3. The molecule has 4 heteroatoms. The van der Waals surface area contributed by atoms with Crippen LogP contribution in [0.5, 0.6) is 0 Å². The number of nitrogens with zero attached hydrogens (tertiary/aromatic N) is 1. The number of rotatable bonds is 2. The maximum atomic E-state index is 13.3. The van der Waals surface area contributed by atoms with Crippen LogP contribution in [-0.2, 0) is 0 Å². The van der Waals surface area contributed by atoms with Crippen molar-refractivity contribution in [2.75, 3.05) is 6.54 Å². The van der Waals surface area contributed by atoms with E-state index in [1.54, 1.807) is 12.1 Å². The highest BCUT2D eigenvalue weighted by Gasteiger charge is 2.50. The van der Waals surface area contributed by atoms with Gasteiger partial charge in [-0.05, 0) is 49.1 Å². The number of carbonyl (C=O) groups is 1. The minimum absolute atomic E-state index is 0.0275. The van der Waals surface area contributed by atoms with Gasteiger partial charge in [-0.3, -0.25) is 4.79 Å². The van der Waals surface area contributed by atoms with Gasteiger partial charge in [0.05, 0.1) is 10.9 Å². The fourth-order valence-corrected chi connectivity index (χ4v) is 5.14. The summed E-state index contributed by atoms with van der Waals surface area (Å²) in [6, 6.07) is 16.0. The smallest absolute Gasteiger partial charge is 0.254 e. The standard InChI is InChI=1S/C22H23ClFNO/c23-22-13-5-4-8-19(22)20(16-6-2-1-3-7-16)25(15-14-22)21(26)17-9-11-18(24)12-10-17/h1-3,6-7,9-12,19-20H,4-5,8,13-15H2/t19-,20+,22+/m0/s1. The minimum atomic E-state index is -0.327. The lowest BCUT2D eigenvalue weighted by Crippen LogP contribution is -2.53. The number of carbonyl (C=O) groups excluding carboxylic acids is 1. The average Bonchev–Trinajstić information content (AvgIpc) is 2.67. The van der Waals surface area contributed by atoms with Gasteiger partial charge in [0.25, 0.3) is 5.91 Å². The van der Waals surface area contributed by atoms with Crippen molar-refractivity contribution in [1.29, 1.82) is 0 Å². The Hall–Kier alpha value is -1.87. The highest BCUT2D eigenvalue weighted by Crippen LogP contribution is 2.52. The highest BCUT2D eigenvalue weighted by atomic mass is 35.5. The number of amides is 1. The van der Waals surface area contributed by atoms with Gasteiger partial charge in [0.1, 0.15) is 5.82 Å². The first-order chi connectivity index (χ1) is 12.6. The van der Waals surface area contributed by atoms with Crippen molar-refractivity contribution in [3.63, 3.8) is 0 Å². The lowest BCUT2D eigenvalue weighted by Gasteiger charge is -2.52. The average molecular weight is 372 g/mol. The Morgan fingerprint density at radius 3 is 2.50 bits per heavy atom. The predicted octanol–water partition coefficient (Wildman–Crippen LogP) is 5.58. The third-order valence-corrected chi connectivity index (χ3v) is 6.66. The van der Waals surface area contributed by atoms with Gasteiger partial charge in [0.15, 0.2) is 0 Å². The second-order valence-electron chi connectivity index (χ2n) is 7.50. The molecule has 4 rings (SSSR count). The van der Waals surface area contributed by atoms with Crippen LogP contribution >= 0.6 is 11.6 Å². The predicted molar refractivity (Wildman–Crippen MR) is 102 cm³/mol. The summed E-state index contributed by atoms with van der Waals surface area (Å²) in [6.07, 6.45) is 5.18. The van der Waals surface area contributed by atoms with E-state index < -0.39 is 0 Å². The van der Waals surface area contributed by atoms with Crippen LogP contribution in [0.25, 0.3) is 0 Å². The molecule has 1 heterocycles. The molecule has 0 aromatic heterocycles. The van der Waals surface area contributed by atoms with E-state index in [0.29, 0.717) is 12.1 Å². The Morgan fingerprint density at radius 1 is 1.04 bits per heavy atom. The molecule has 2 fully saturated rings. The zero-order valence-electron chi connectivity index (χ0n) is 14.7. The number of halogens is 2. The molecule has 0 spiro atoms. The summed E-state index contributed by atoms with van der Waals surface area (Å²) in [7, 11) is 0. The molecule has 2 aliphatic rings. The van der Waals surface area contributed by atoms with Crippen molar-refractivity contribution in [2.45, 2.75) is 43.0 Å². The van der Waals surface area contributed by atoms with Crippen LogP contribution in [0.1, 0.15) is 54.1 Å². The molecule has 1 aliphatic heterocycles. The first-order valence-electron chi connectivity index (χ1n) is 9.39. The number of likely N-dealkylation sites (tertiary alicyclic amines) is 1. The van der Waals surface area contributed by atoms with Crippen molar-refractivity contribution >= 4 is 17.5 Å². The summed E-state index contributed by atoms with van der Waals surface area (Å²) in [5, 5.41) is 0. The van der Waals surface area contributed by atoms with E-state index in [9.17, 15) is 9.18 Å². The number of hydrogen-bond acceptors (Lipinski definition) is 1. The van der Waals surface area contributed by atoms with Gasteiger partial charge >= 0.3 is 0 Å². The molecule has 1 saturated heterocycles. The third kappa shape index (κ3) is 3.14. The van der Waals surface area contributed by atoms with E-state index in [1.807, 2.05) is 23.1 Å². The molecule has 1 saturated carbocycles. The second-order valence-corrected chi connectivity index (χ2v) is 8.25. The summed E-state index contributed by atoms with van der Waals surface area (Å²) >= 11 is 7.07. The number of piperidine rings is 1. The van der Waals surface area contributed by atoms with Crippen LogP contribution in [0.4, 0.5) is 4.39 Å². The summed E-state index contributed by atoms with van der Waals surface area (Å²) in [5.41, 5.74) is 1.67. The molecule has 2 aromatic carbocycles. The normalized spacial score (nSPS) is 28.5. The molecule has 0 N–H and O–H groups in total. The molecule has 3 atom stereocenters. The molecule has 1 amide bonds. The molecule has 2 aromatic rings. The van der Waals surface area contributed by atoms with E-state index in [-0.39, 0.29) is 28.6 Å². The fourth-order valence-electron chi connectivity index (χ4n) is 4.69. The summed E-state index contributed by atoms with van der Waals surface area (Å²) in [6.45, 7) is 0.635. The number of hydrogen-bond donors (Lipinski definition) is 0. The van der Waals surface area contributed by atoms with E-state index >= 15 is 0 Å². The van der Waals surface area contributed by atoms with E-state index in [1.165, 1.54) is 12.1 Å². The number of benzene rings is 2. The lowest BCUT2D eigenvalue weighted by atomic mass is 9.68. The highest BCUT2D eigenvalue weighted by molar-refractivity contribution is 6.24. The Kier molecular flexibility index (Phi) is 4.74. The van der Waals surface area contributed by atoms with Crippen molar-refractivity contribution < 1.29 is 9.18 Å². The van der Waals surface area contributed by atoms with Gasteiger partial charge in [-0.2, -0.15) is 0 Å². The fraction of sp³-hybridized carbons (Fsp3) is 0.409. The van der Waals surface area contributed by atoms with Crippen LogP contribution in [0.15, 0.2) is 54.6 Å². The molecular formula is C22H23ClFNO. The van der Waals surface area contributed by atoms with Crippen LogP contribution in [-0.4, -0.2) is 22.2 Å². The van der Waals surface area contributed by atoms with Crippen LogP contribution in [0.2, 0.25) is 0 Å².